The molecule has 20 heavy (non-hydrogen) atoms. The fraction of sp³-hybridized carbons (Fsp3) is 0.429. The Kier molecular flexibility index (Phi) is 4.22. The van der Waals surface area contributed by atoms with E-state index in [4.69, 9.17) is 10.5 Å². The molecule has 0 radical (unpaired) electrons. The van der Waals surface area contributed by atoms with E-state index >= 15 is 0 Å². The summed E-state index contributed by atoms with van der Waals surface area (Å²) in [6.07, 6.45) is 1.64. The van der Waals surface area contributed by atoms with Gasteiger partial charge in [0.15, 0.2) is 0 Å². The smallest absolute Gasteiger partial charge is 0.325 e. The third-order valence-electron chi connectivity index (χ3n) is 3.08. The Hall–Kier alpha value is -2.11. The monoisotopic (exact) mass is 280 g/mol. The second kappa shape index (κ2) is 5.90. The van der Waals surface area contributed by atoms with Gasteiger partial charge in [0.05, 0.1) is 12.2 Å². The van der Waals surface area contributed by atoms with Gasteiger partial charge in [-0.15, -0.1) is 0 Å². The molecule has 1 aromatic rings. The number of benzene rings is 1. The summed E-state index contributed by atoms with van der Waals surface area (Å²) in [4.78, 5) is 25.2. The van der Waals surface area contributed by atoms with E-state index in [9.17, 15) is 14.0 Å². The van der Waals surface area contributed by atoms with Crippen LogP contribution in [0.4, 0.5) is 10.1 Å². The van der Waals surface area contributed by atoms with Crippen molar-refractivity contribution in [3.05, 3.63) is 29.6 Å². The highest BCUT2D eigenvalue weighted by Crippen LogP contribution is 2.28. The second-order valence-electron chi connectivity index (χ2n) is 4.71. The highest BCUT2D eigenvalue weighted by atomic mass is 19.1. The number of hydrogen-bond acceptors (Lipinski definition) is 4. The fourth-order valence-corrected chi connectivity index (χ4v) is 1.96. The summed E-state index contributed by atoms with van der Waals surface area (Å²) >= 11 is 0. The Morgan fingerprint density at radius 3 is 2.70 bits per heavy atom. The number of esters is 1. The molecular weight excluding hydrogens is 263 g/mol. The van der Waals surface area contributed by atoms with E-state index in [-0.39, 0.29) is 30.4 Å². The molecule has 1 aliphatic carbocycles. The third-order valence-corrected chi connectivity index (χ3v) is 3.08. The van der Waals surface area contributed by atoms with Gasteiger partial charge in [-0.1, -0.05) is 0 Å². The molecule has 0 atom stereocenters. The largest absolute Gasteiger partial charge is 0.465 e. The van der Waals surface area contributed by atoms with Gasteiger partial charge in [-0.05, 0) is 38.0 Å². The number of amides is 1. The lowest BCUT2D eigenvalue weighted by molar-refractivity contribution is -0.144. The van der Waals surface area contributed by atoms with Gasteiger partial charge in [0, 0.05) is 11.7 Å². The van der Waals surface area contributed by atoms with Crippen molar-refractivity contribution in [3.63, 3.8) is 0 Å². The normalized spacial score (nSPS) is 13.9. The molecule has 5 nitrogen and oxygen atoms in total. The molecule has 108 valence electrons. The average Bonchev–Trinajstić information content (AvgIpc) is 3.20. The summed E-state index contributed by atoms with van der Waals surface area (Å²) in [6, 6.07) is 3.89. The van der Waals surface area contributed by atoms with Crippen LogP contribution in [0.5, 0.6) is 0 Å². The highest BCUT2D eigenvalue weighted by Gasteiger charge is 2.35. The van der Waals surface area contributed by atoms with E-state index in [1.807, 2.05) is 0 Å². The molecule has 0 unspecified atom stereocenters. The molecule has 1 aliphatic rings. The predicted molar refractivity (Wildman–Crippen MR) is 71.5 cm³/mol. The minimum absolute atomic E-state index is 0.0103. The number of nitrogen functional groups attached to an aromatic ring is 1. The van der Waals surface area contributed by atoms with Gasteiger partial charge >= 0.3 is 5.97 Å². The molecule has 2 N–H and O–H groups in total. The number of nitrogens with two attached hydrogens (primary N) is 1. The van der Waals surface area contributed by atoms with Crippen molar-refractivity contribution < 1.29 is 18.7 Å². The van der Waals surface area contributed by atoms with Gasteiger partial charge in [-0.2, -0.15) is 0 Å². The van der Waals surface area contributed by atoms with Crippen molar-refractivity contribution >= 4 is 17.6 Å². The topological polar surface area (TPSA) is 72.6 Å². The first-order chi connectivity index (χ1) is 9.52. The maximum atomic E-state index is 13.8. The van der Waals surface area contributed by atoms with E-state index < -0.39 is 17.7 Å². The summed E-state index contributed by atoms with van der Waals surface area (Å²) in [7, 11) is 0. The molecule has 0 aromatic heterocycles. The molecule has 0 saturated heterocycles. The molecule has 2 rings (SSSR count). The number of carbonyl (C=O) groups is 2. The van der Waals surface area contributed by atoms with Gasteiger partial charge in [-0.3, -0.25) is 9.59 Å². The summed E-state index contributed by atoms with van der Waals surface area (Å²) < 4.78 is 18.6. The molecule has 0 heterocycles. The number of ether oxygens (including phenoxy) is 1. The van der Waals surface area contributed by atoms with E-state index in [0.29, 0.717) is 0 Å². The molecule has 6 heteroatoms. The van der Waals surface area contributed by atoms with Crippen LogP contribution in [0, 0.1) is 5.82 Å². The first-order valence-electron chi connectivity index (χ1n) is 6.54. The van der Waals surface area contributed by atoms with E-state index in [1.165, 1.54) is 17.0 Å². The van der Waals surface area contributed by atoms with E-state index in [0.717, 1.165) is 18.9 Å². The van der Waals surface area contributed by atoms with Gasteiger partial charge in [0.2, 0.25) is 0 Å². The number of rotatable bonds is 5. The number of nitrogens with zero attached hydrogens (tertiary/aromatic N) is 1. The number of halogens is 1. The Balaban J connectivity index is 2.16. The highest BCUT2D eigenvalue weighted by molar-refractivity contribution is 5.97. The second-order valence-corrected chi connectivity index (χ2v) is 4.71. The standard InChI is InChI=1S/C14H17FN2O3/c1-2-20-13(18)8-17(10-4-5-10)14(19)11-6-3-9(16)7-12(11)15/h3,6-7,10H,2,4-5,8,16H2,1H3. The Labute approximate surface area is 116 Å². The quantitative estimate of drug-likeness (QED) is 0.656. The van der Waals surface area contributed by atoms with Gasteiger partial charge in [-0.25, -0.2) is 4.39 Å². The maximum Gasteiger partial charge on any atom is 0.325 e. The first-order valence-corrected chi connectivity index (χ1v) is 6.54. The predicted octanol–water partition coefficient (Wildman–Crippen LogP) is 1.58. The fourth-order valence-electron chi connectivity index (χ4n) is 1.96. The Morgan fingerprint density at radius 2 is 2.15 bits per heavy atom. The SMILES string of the molecule is CCOC(=O)CN(C(=O)c1ccc(N)cc1F)C1CC1. The number of carbonyl (C=O) groups excluding carboxylic acids is 2. The summed E-state index contributed by atoms with van der Waals surface area (Å²) in [5.74, 6) is -1.66. The zero-order valence-corrected chi connectivity index (χ0v) is 11.3. The van der Waals surface area contributed by atoms with Crippen LogP contribution in [0.25, 0.3) is 0 Å². The molecular formula is C14H17FN2O3. The van der Waals surface area contributed by atoms with Crippen LogP contribution in [0.1, 0.15) is 30.1 Å². The summed E-state index contributed by atoms with van der Waals surface area (Å²) in [5.41, 5.74) is 5.64. The van der Waals surface area contributed by atoms with Crippen molar-refractivity contribution in [2.45, 2.75) is 25.8 Å². The van der Waals surface area contributed by atoms with E-state index in [2.05, 4.69) is 0 Å². The van der Waals surface area contributed by atoms with Crippen LogP contribution in [0.15, 0.2) is 18.2 Å². The number of hydrogen-bond donors (Lipinski definition) is 1. The zero-order valence-electron chi connectivity index (χ0n) is 11.3. The maximum absolute atomic E-state index is 13.8. The molecule has 1 amide bonds. The average molecular weight is 280 g/mol. The molecule has 1 aromatic carbocycles. The van der Waals surface area contributed by atoms with Crippen molar-refractivity contribution in [2.75, 3.05) is 18.9 Å². The van der Waals surface area contributed by atoms with Crippen LogP contribution in [-0.2, 0) is 9.53 Å². The van der Waals surface area contributed by atoms with Crippen molar-refractivity contribution in [2.24, 2.45) is 0 Å². The van der Waals surface area contributed by atoms with Crippen molar-refractivity contribution in [1.29, 1.82) is 0 Å². The lowest BCUT2D eigenvalue weighted by Crippen LogP contribution is -2.38. The molecule has 0 bridgehead atoms. The third kappa shape index (κ3) is 3.26. The zero-order chi connectivity index (χ0) is 14.7. The molecule has 1 saturated carbocycles. The number of anilines is 1. The van der Waals surface area contributed by atoms with Crippen LogP contribution in [-0.4, -0.2) is 36.0 Å². The van der Waals surface area contributed by atoms with Gasteiger partial charge < -0.3 is 15.4 Å². The summed E-state index contributed by atoms with van der Waals surface area (Å²) in [5, 5.41) is 0. The Morgan fingerprint density at radius 1 is 1.45 bits per heavy atom. The molecule has 1 fully saturated rings. The van der Waals surface area contributed by atoms with Crippen LogP contribution in [0.2, 0.25) is 0 Å². The molecule has 0 spiro atoms. The first kappa shape index (κ1) is 14.3. The van der Waals surface area contributed by atoms with Gasteiger partial charge in [0.25, 0.3) is 5.91 Å². The van der Waals surface area contributed by atoms with Crippen LogP contribution in [0.3, 0.4) is 0 Å². The van der Waals surface area contributed by atoms with E-state index in [1.54, 1.807) is 6.92 Å². The van der Waals surface area contributed by atoms with Crippen molar-refractivity contribution in [1.82, 2.24) is 4.90 Å². The summed E-state index contributed by atoms with van der Waals surface area (Å²) in [6.45, 7) is 1.80. The minimum Gasteiger partial charge on any atom is -0.465 e. The van der Waals surface area contributed by atoms with Gasteiger partial charge in [0.1, 0.15) is 12.4 Å². The lowest BCUT2D eigenvalue weighted by Gasteiger charge is -2.21. The van der Waals surface area contributed by atoms with Crippen LogP contribution < -0.4 is 5.73 Å². The molecule has 0 aliphatic heterocycles. The Bertz CT molecular complexity index is 529. The van der Waals surface area contributed by atoms with Crippen molar-refractivity contribution in [3.8, 4) is 0 Å². The lowest BCUT2D eigenvalue weighted by atomic mass is 10.1. The van der Waals surface area contributed by atoms with Crippen LogP contribution >= 0.6 is 0 Å². The minimum atomic E-state index is -0.676.